The minimum Gasteiger partial charge on any atom is -0.494 e. The Kier molecular flexibility index (Phi) is 6.28. The third kappa shape index (κ3) is 4.49. The lowest BCUT2D eigenvalue weighted by atomic mass is 10.2. The van der Waals surface area contributed by atoms with Crippen LogP contribution in [0.5, 0.6) is 5.75 Å². The first-order chi connectivity index (χ1) is 11.3. The number of ether oxygens (including phenoxy) is 1. The summed E-state index contributed by atoms with van der Waals surface area (Å²) in [7, 11) is -6.87. The number of benzene rings is 1. The third-order valence-corrected chi connectivity index (χ3v) is 7.81. The van der Waals surface area contributed by atoms with Crippen molar-refractivity contribution in [2.75, 3.05) is 24.7 Å². The van der Waals surface area contributed by atoms with Crippen molar-refractivity contribution >= 4 is 19.9 Å². The highest BCUT2D eigenvalue weighted by Crippen LogP contribution is 2.26. The fourth-order valence-corrected chi connectivity index (χ4v) is 6.34. The molecule has 1 aliphatic heterocycles. The normalized spacial score (nSPS) is 20.4. The summed E-state index contributed by atoms with van der Waals surface area (Å²) in [5.41, 5.74) is 0. The molecule has 1 aliphatic rings. The Balaban J connectivity index is 2.29. The zero-order chi connectivity index (χ0) is 17.8. The quantitative estimate of drug-likeness (QED) is 0.695. The molecule has 0 aromatic heterocycles. The first-order valence-corrected chi connectivity index (χ1v) is 11.5. The van der Waals surface area contributed by atoms with Crippen molar-refractivity contribution in [3.63, 3.8) is 0 Å². The number of hydrogen-bond donors (Lipinski definition) is 0. The predicted octanol–water partition coefficient (Wildman–Crippen LogP) is 2.06. The van der Waals surface area contributed by atoms with Gasteiger partial charge in [0.25, 0.3) is 0 Å². The van der Waals surface area contributed by atoms with E-state index in [1.807, 2.05) is 13.8 Å². The van der Waals surface area contributed by atoms with Crippen LogP contribution >= 0.6 is 0 Å². The summed E-state index contributed by atoms with van der Waals surface area (Å²) in [5.74, 6) is 0.575. The summed E-state index contributed by atoms with van der Waals surface area (Å²) in [4.78, 5) is 0.173. The molecule has 0 saturated carbocycles. The van der Waals surface area contributed by atoms with E-state index < -0.39 is 25.9 Å². The Morgan fingerprint density at radius 1 is 1.21 bits per heavy atom. The van der Waals surface area contributed by atoms with Gasteiger partial charge in [-0.25, -0.2) is 16.8 Å². The van der Waals surface area contributed by atoms with Crippen LogP contribution in [0, 0.1) is 0 Å². The molecule has 1 aromatic rings. The molecule has 1 fully saturated rings. The first-order valence-electron chi connectivity index (χ1n) is 8.25. The standard InChI is InChI=1S/C16H25NO5S2/c1-3-5-11-17(14-10-12-23(18,19)13-14)24(20,21)16-8-6-15(7-9-16)22-4-2/h6-9,14H,3-5,10-13H2,1-2H3. The van der Waals surface area contributed by atoms with Crippen LogP contribution in [-0.4, -0.2) is 51.8 Å². The van der Waals surface area contributed by atoms with Crippen LogP contribution in [0.15, 0.2) is 29.2 Å². The lowest BCUT2D eigenvalue weighted by molar-refractivity contribution is 0.334. The lowest BCUT2D eigenvalue weighted by Crippen LogP contribution is -2.41. The molecule has 0 spiro atoms. The van der Waals surface area contributed by atoms with E-state index in [1.54, 1.807) is 12.1 Å². The van der Waals surface area contributed by atoms with Gasteiger partial charge in [0.15, 0.2) is 9.84 Å². The van der Waals surface area contributed by atoms with Crippen molar-refractivity contribution in [2.24, 2.45) is 0 Å². The summed E-state index contributed by atoms with van der Waals surface area (Å²) in [6.07, 6.45) is 1.91. The Labute approximate surface area is 144 Å². The minimum absolute atomic E-state index is 0.0547. The van der Waals surface area contributed by atoms with Crippen LogP contribution < -0.4 is 4.74 Å². The molecule has 1 aromatic carbocycles. The topological polar surface area (TPSA) is 80.8 Å². The average Bonchev–Trinajstić information content (AvgIpc) is 2.88. The van der Waals surface area contributed by atoms with Gasteiger partial charge in [-0.05, 0) is 44.0 Å². The maximum atomic E-state index is 13.0. The van der Waals surface area contributed by atoms with Crippen molar-refractivity contribution in [3.8, 4) is 5.75 Å². The second kappa shape index (κ2) is 7.84. The van der Waals surface area contributed by atoms with Gasteiger partial charge in [-0.3, -0.25) is 0 Å². The summed E-state index contributed by atoms with van der Waals surface area (Å²) >= 11 is 0. The van der Waals surface area contributed by atoms with Crippen LogP contribution in [0.4, 0.5) is 0 Å². The van der Waals surface area contributed by atoms with E-state index in [-0.39, 0.29) is 16.4 Å². The van der Waals surface area contributed by atoms with Gasteiger partial charge in [0.2, 0.25) is 10.0 Å². The molecular weight excluding hydrogens is 350 g/mol. The maximum Gasteiger partial charge on any atom is 0.243 e. The monoisotopic (exact) mass is 375 g/mol. The van der Waals surface area contributed by atoms with Gasteiger partial charge >= 0.3 is 0 Å². The third-order valence-electron chi connectivity index (χ3n) is 4.09. The molecule has 8 heteroatoms. The molecule has 0 bridgehead atoms. The Bertz CT molecular complexity index is 741. The largest absolute Gasteiger partial charge is 0.494 e. The molecule has 1 atom stereocenters. The van der Waals surface area contributed by atoms with Gasteiger partial charge in [-0.1, -0.05) is 13.3 Å². The fraction of sp³-hybridized carbons (Fsp3) is 0.625. The van der Waals surface area contributed by atoms with Crippen LogP contribution in [0.1, 0.15) is 33.1 Å². The first kappa shape index (κ1) is 19.2. The molecule has 1 unspecified atom stereocenters. The number of sulfone groups is 1. The molecule has 0 amide bonds. The molecule has 1 heterocycles. The van der Waals surface area contributed by atoms with Gasteiger partial charge in [0, 0.05) is 12.6 Å². The second-order valence-corrected chi connectivity index (χ2v) is 10.0. The van der Waals surface area contributed by atoms with Gasteiger partial charge in [-0.15, -0.1) is 0 Å². The number of sulfonamides is 1. The molecule has 1 saturated heterocycles. The number of hydrogen-bond acceptors (Lipinski definition) is 5. The van der Waals surface area contributed by atoms with Crippen LogP contribution in [0.2, 0.25) is 0 Å². The van der Waals surface area contributed by atoms with E-state index in [4.69, 9.17) is 4.74 Å². The molecule has 24 heavy (non-hydrogen) atoms. The molecule has 0 aliphatic carbocycles. The van der Waals surface area contributed by atoms with E-state index in [0.717, 1.165) is 6.42 Å². The number of rotatable bonds is 8. The SMILES string of the molecule is CCCCN(C1CCS(=O)(=O)C1)S(=O)(=O)c1ccc(OCC)cc1. The van der Waals surface area contributed by atoms with E-state index in [0.29, 0.717) is 31.7 Å². The smallest absolute Gasteiger partial charge is 0.243 e. The highest BCUT2D eigenvalue weighted by atomic mass is 32.2. The molecule has 6 nitrogen and oxygen atoms in total. The Hall–Kier alpha value is -1.12. The average molecular weight is 376 g/mol. The molecular formula is C16H25NO5S2. The summed E-state index contributed by atoms with van der Waals surface area (Å²) < 4.78 is 56.2. The Morgan fingerprint density at radius 3 is 2.38 bits per heavy atom. The number of unbranched alkanes of at least 4 members (excludes halogenated alkanes) is 1. The highest BCUT2D eigenvalue weighted by Gasteiger charge is 2.38. The van der Waals surface area contributed by atoms with Gasteiger partial charge in [-0.2, -0.15) is 4.31 Å². The molecule has 0 N–H and O–H groups in total. The molecule has 2 rings (SSSR count). The fourth-order valence-electron chi connectivity index (χ4n) is 2.83. The van der Waals surface area contributed by atoms with Gasteiger partial charge < -0.3 is 4.74 Å². The summed E-state index contributed by atoms with van der Waals surface area (Å²) in [6.45, 7) is 4.69. The van der Waals surface area contributed by atoms with Crippen LogP contribution in [-0.2, 0) is 19.9 Å². The van der Waals surface area contributed by atoms with Crippen molar-refractivity contribution in [2.45, 2.75) is 44.0 Å². The van der Waals surface area contributed by atoms with E-state index in [2.05, 4.69) is 0 Å². The van der Waals surface area contributed by atoms with E-state index >= 15 is 0 Å². The van der Waals surface area contributed by atoms with Crippen LogP contribution in [0.25, 0.3) is 0 Å². The molecule has 136 valence electrons. The van der Waals surface area contributed by atoms with Crippen molar-refractivity contribution in [1.29, 1.82) is 0 Å². The summed E-state index contributed by atoms with van der Waals surface area (Å²) in [6, 6.07) is 5.81. The van der Waals surface area contributed by atoms with Gasteiger partial charge in [0.1, 0.15) is 5.75 Å². The summed E-state index contributed by atoms with van der Waals surface area (Å²) in [5, 5.41) is 0. The highest BCUT2D eigenvalue weighted by molar-refractivity contribution is 7.92. The van der Waals surface area contributed by atoms with Crippen molar-refractivity contribution in [3.05, 3.63) is 24.3 Å². The number of nitrogens with zero attached hydrogens (tertiary/aromatic N) is 1. The van der Waals surface area contributed by atoms with Gasteiger partial charge in [0.05, 0.1) is 23.0 Å². The van der Waals surface area contributed by atoms with Crippen molar-refractivity contribution in [1.82, 2.24) is 4.31 Å². The van der Waals surface area contributed by atoms with Crippen LogP contribution in [0.3, 0.4) is 0 Å². The lowest BCUT2D eigenvalue weighted by Gasteiger charge is -2.27. The maximum absolute atomic E-state index is 13.0. The van der Waals surface area contributed by atoms with Crippen molar-refractivity contribution < 1.29 is 21.6 Å². The second-order valence-electron chi connectivity index (χ2n) is 5.93. The zero-order valence-electron chi connectivity index (χ0n) is 14.1. The van der Waals surface area contributed by atoms with E-state index in [9.17, 15) is 16.8 Å². The van der Waals surface area contributed by atoms with E-state index in [1.165, 1.54) is 16.4 Å². The zero-order valence-corrected chi connectivity index (χ0v) is 15.8. The molecule has 0 radical (unpaired) electrons. The Morgan fingerprint density at radius 2 is 1.88 bits per heavy atom. The minimum atomic E-state index is -3.73. The predicted molar refractivity (Wildman–Crippen MR) is 93.5 cm³/mol.